The van der Waals surface area contributed by atoms with E-state index in [1.165, 1.54) is 24.5 Å². The number of aromatic nitrogens is 4. The van der Waals surface area contributed by atoms with Gasteiger partial charge in [-0.05, 0) is 12.1 Å². The zero-order valence-corrected chi connectivity index (χ0v) is 11.2. The largest absolute Gasteiger partial charge is 0.619 e. The number of carbonyl (C=O) groups is 1. The summed E-state index contributed by atoms with van der Waals surface area (Å²) in [6.45, 7) is -0.359. The number of fused-ring (bicyclic) bond motifs is 1. The highest BCUT2D eigenvalue weighted by Crippen LogP contribution is 2.04. The molecular formula is C14H10N4O4. The molecule has 0 aliphatic rings. The molecule has 0 spiro atoms. The van der Waals surface area contributed by atoms with E-state index in [-0.39, 0.29) is 12.3 Å². The highest BCUT2D eigenvalue weighted by Gasteiger charge is 2.10. The van der Waals surface area contributed by atoms with Gasteiger partial charge in [-0.25, -0.2) is 4.79 Å². The van der Waals surface area contributed by atoms with Crippen LogP contribution in [0, 0.1) is 5.21 Å². The number of rotatable bonds is 3. The van der Waals surface area contributed by atoms with Gasteiger partial charge in [0.05, 0.1) is 10.9 Å². The first-order valence-corrected chi connectivity index (χ1v) is 6.33. The van der Waals surface area contributed by atoms with Crippen molar-refractivity contribution >= 4 is 16.9 Å². The van der Waals surface area contributed by atoms with Crippen molar-refractivity contribution in [3.8, 4) is 0 Å². The third-order valence-electron chi connectivity index (χ3n) is 2.98. The number of nitrogens with zero attached hydrogens (tertiary/aromatic N) is 4. The van der Waals surface area contributed by atoms with Crippen molar-refractivity contribution < 1.29 is 14.3 Å². The SMILES string of the molecule is O=C(OCn1nnc2ccccc2c1=O)c1cc[n+]([O-])cc1. The molecule has 0 saturated heterocycles. The Morgan fingerprint density at radius 1 is 1.23 bits per heavy atom. The maximum atomic E-state index is 12.1. The van der Waals surface area contributed by atoms with E-state index in [2.05, 4.69) is 10.3 Å². The fraction of sp³-hybridized carbons (Fsp3) is 0.0714. The number of pyridine rings is 1. The zero-order chi connectivity index (χ0) is 15.5. The van der Waals surface area contributed by atoms with Gasteiger partial charge in [-0.3, -0.25) is 4.79 Å². The average molecular weight is 298 g/mol. The van der Waals surface area contributed by atoms with E-state index < -0.39 is 11.5 Å². The lowest BCUT2D eigenvalue weighted by atomic mass is 10.2. The summed E-state index contributed by atoms with van der Waals surface area (Å²) in [5, 5.41) is 18.9. The van der Waals surface area contributed by atoms with Gasteiger partial charge in [0.1, 0.15) is 5.52 Å². The smallest absolute Gasteiger partial charge is 0.340 e. The molecule has 0 bridgehead atoms. The predicted molar refractivity (Wildman–Crippen MR) is 74.6 cm³/mol. The van der Waals surface area contributed by atoms with Crippen LogP contribution in [0.4, 0.5) is 0 Å². The molecule has 8 heteroatoms. The first-order chi connectivity index (χ1) is 10.6. The van der Waals surface area contributed by atoms with Gasteiger partial charge in [0.2, 0.25) is 0 Å². The van der Waals surface area contributed by atoms with Gasteiger partial charge >= 0.3 is 5.97 Å². The van der Waals surface area contributed by atoms with Crippen LogP contribution in [0.3, 0.4) is 0 Å². The van der Waals surface area contributed by atoms with Crippen LogP contribution in [0.5, 0.6) is 0 Å². The second-order valence-corrected chi connectivity index (χ2v) is 4.42. The fourth-order valence-electron chi connectivity index (χ4n) is 1.86. The zero-order valence-electron chi connectivity index (χ0n) is 11.2. The lowest BCUT2D eigenvalue weighted by molar-refractivity contribution is -0.605. The first-order valence-electron chi connectivity index (χ1n) is 6.33. The third-order valence-corrected chi connectivity index (χ3v) is 2.98. The van der Waals surface area contributed by atoms with Crippen LogP contribution in [-0.4, -0.2) is 21.0 Å². The highest BCUT2D eigenvalue weighted by atomic mass is 16.5. The summed E-state index contributed by atoms with van der Waals surface area (Å²) in [7, 11) is 0. The first kappa shape index (κ1) is 13.7. The Morgan fingerprint density at radius 2 is 1.95 bits per heavy atom. The molecular weight excluding hydrogens is 288 g/mol. The maximum Gasteiger partial charge on any atom is 0.340 e. The van der Waals surface area contributed by atoms with E-state index in [4.69, 9.17) is 4.74 Å². The van der Waals surface area contributed by atoms with Gasteiger partial charge in [0.15, 0.2) is 19.1 Å². The van der Waals surface area contributed by atoms with Crippen molar-refractivity contribution in [3.05, 3.63) is 69.9 Å². The van der Waals surface area contributed by atoms with Crippen molar-refractivity contribution in [2.45, 2.75) is 6.73 Å². The molecule has 3 rings (SSSR count). The van der Waals surface area contributed by atoms with Crippen LogP contribution in [0.15, 0.2) is 53.6 Å². The Bertz CT molecular complexity index is 889. The molecule has 3 aromatic rings. The minimum atomic E-state index is -0.664. The summed E-state index contributed by atoms with van der Waals surface area (Å²) >= 11 is 0. The molecule has 0 radical (unpaired) electrons. The molecule has 0 saturated carbocycles. The summed E-state index contributed by atoms with van der Waals surface area (Å²) in [4.78, 5) is 24.0. The molecule has 0 amide bonds. The predicted octanol–water partition coefficient (Wildman–Crippen LogP) is 0.239. The Hall–Kier alpha value is -3.29. The van der Waals surface area contributed by atoms with Crippen molar-refractivity contribution in [2.24, 2.45) is 0 Å². The van der Waals surface area contributed by atoms with E-state index in [1.54, 1.807) is 24.3 Å². The van der Waals surface area contributed by atoms with Gasteiger partial charge < -0.3 is 9.94 Å². The number of hydrogen-bond acceptors (Lipinski definition) is 6. The van der Waals surface area contributed by atoms with Gasteiger partial charge in [0.25, 0.3) is 5.56 Å². The lowest BCUT2D eigenvalue weighted by Gasteiger charge is -2.06. The number of esters is 1. The van der Waals surface area contributed by atoms with Crippen LogP contribution >= 0.6 is 0 Å². The fourth-order valence-corrected chi connectivity index (χ4v) is 1.86. The third kappa shape index (κ3) is 2.62. The molecule has 8 nitrogen and oxygen atoms in total. The lowest BCUT2D eigenvalue weighted by Crippen LogP contribution is -2.27. The summed E-state index contributed by atoms with van der Waals surface area (Å²) in [5.41, 5.74) is 0.274. The van der Waals surface area contributed by atoms with Crippen molar-refractivity contribution in [3.63, 3.8) is 0 Å². The summed E-state index contributed by atoms with van der Waals surface area (Å²) in [5.74, 6) is -0.664. The van der Waals surface area contributed by atoms with E-state index >= 15 is 0 Å². The molecule has 2 heterocycles. The average Bonchev–Trinajstić information content (AvgIpc) is 2.55. The number of hydrogen-bond donors (Lipinski definition) is 0. The van der Waals surface area contributed by atoms with Crippen LogP contribution in [-0.2, 0) is 11.5 Å². The minimum absolute atomic E-state index is 0.203. The Morgan fingerprint density at radius 3 is 2.73 bits per heavy atom. The maximum absolute atomic E-state index is 12.1. The van der Waals surface area contributed by atoms with Gasteiger partial charge in [0, 0.05) is 12.1 Å². The van der Waals surface area contributed by atoms with E-state index in [0.717, 1.165) is 4.68 Å². The molecule has 0 fully saturated rings. The van der Waals surface area contributed by atoms with E-state index in [0.29, 0.717) is 15.6 Å². The molecule has 0 aliphatic heterocycles. The van der Waals surface area contributed by atoms with Crippen LogP contribution in [0.1, 0.15) is 10.4 Å². The van der Waals surface area contributed by atoms with Gasteiger partial charge in [-0.15, -0.1) is 5.10 Å². The molecule has 22 heavy (non-hydrogen) atoms. The normalized spacial score (nSPS) is 10.5. The van der Waals surface area contributed by atoms with Crippen molar-refractivity contribution in [1.29, 1.82) is 0 Å². The summed E-state index contributed by atoms with van der Waals surface area (Å²) in [6.07, 6.45) is 2.36. The minimum Gasteiger partial charge on any atom is -0.619 e. The molecule has 0 atom stereocenters. The van der Waals surface area contributed by atoms with Crippen LogP contribution in [0.25, 0.3) is 10.9 Å². The molecule has 2 aromatic heterocycles. The second-order valence-electron chi connectivity index (χ2n) is 4.42. The van der Waals surface area contributed by atoms with Gasteiger partial charge in [-0.2, -0.15) is 9.41 Å². The van der Waals surface area contributed by atoms with E-state index in [9.17, 15) is 14.8 Å². The Kier molecular flexibility index (Phi) is 3.48. The quantitative estimate of drug-likeness (QED) is 0.390. The summed E-state index contributed by atoms with van der Waals surface area (Å²) < 4.78 is 6.50. The summed E-state index contributed by atoms with van der Waals surface area (Å²) in [6, 6.07) is 9.40. The molecule has 110 valence electrons. The molecule has 1 aromatic carbocycles. The number of carbonyl (C=O) groups excluding carboxylic acids is 1. The van der Waals surface area contributed by atoms with Crippen LogP contribution < -0.4 is 10.3 Å². The standard InChI is InChI=1S/C14H10N4O4/c19-13-11-3-1-2-4-12(11)15-16-18(13)9-22-14(20)10-5-7-17(21)8-6-10/h1-8H,9H2. The highest BCUT2D eigenvalue weighted by molar-refractivity contribution is 5.88. The monoisotopic (exact) mass is 298 g/mol. The van der Waals surface area contributed by atoms with Gasteiger partial charge in [-0.1, -0.05) is 17.3 Å². The Labute approximate surface area is 123 Å². The Balaban J connectivity index is 1.79. The molecule has 0 N–H and O–H groups in total. The van der Waals surface area contributed by atoms with Crippen molar-refractivity contribution in [1.82, 2.24) is 15.0 Å². The van der Waals surface area contributed by atoms with E-state index in [1.807, 2.05) is 0 Å². The molecule has 0 unspecified atom stereocenters. The number of benzene rings is 1. The van der Waals surface area contributed by atoms with Crippen molar-refractivity contribution in [2.75, 3.05) is 0 Å². The van der Waals surface area contributed by atoms with Crippen LogP contribution in [0.2, 0.25) is 0 Å². The molecule has 0 aliphatic carbocycles. The number of ether oxygens (including phenoxy) is 1. The topological polar surface area (TPSA) is 101 Å². The second kappa shape index (κ2) is 5.60.